The molecule has 0 spiro atoms. The van der Waals surface area contributed by atoms with Crippen molar-refractivity contribution in [2.45, 2.75) is 26.8 Å². The van der Waals surface area contributed by atoms with Gasteiger partial charge in [-0.1, -0.05) is 42.5 Å². The molecule has 0 saturated heterocycles. The van der Waals surface area contributed by atoms with Crippen molar-refractivity contribution >= 4 is 11.8 Å². The van der Waals surface area contributed by atoms with Crippen LogP contribution in [0.4, 0.5) is 0 Å². The van der Waals surface area contributed by atoms with E-state index in [1.807, 2.05) is 62.4 Å². The molecular formula is C21H26N2O3. The molecule has 26 heavy (non-hydrogen) atoms. The smallest absolute Gasteiger partial charge is 0.242 e. The summed E-state index contributed by atoms with van der Waals surface area (Å²) in [4.78, 5) is 26.2. The number of nitrogens with one attached hydrogen (secondary N) is 1. The van der Waals surface area contributed by atoms with Crippen molar-refractivity contribution in [2.75, 3.05) is 20.2 Å². The molecule has 0 aromatic heterocycles. The maximum atomic E-state index is 12.4. The molecule has 138 valence electrons. The highest BCUT2D eigenvalue weighted by atomic mass is 16.5. The summed E-state index contributed by atoms with van der Waals surface area (Å²) < 4.78 is 5.28. The van der Waals surface area contributed by atoms with E-state index in [0.717, 1.165) is 22.4 Å². The number of hydrogen-bond donors (Lipinski definition) is 1. The van der Waals surface area contributed by atoms with Crippen LogP contribution < -0.4 is 10.1 Å². The number of rotatable bonds is 8. The molecule has 0 saturated carbocycles. The van der Waals surface area contributed by atoms with Crippen molar-refractivity contribution in [1.82, 2.24) is 10.2 Å². The lowest BCUT2D eigenvalue weighted by Gasteiger charge is -2.21. The minimum Gasteiger partial charge on any atom is -0.496 e. The summed E-state index contributed by atoms with van der Waals surface area (Å²) in [5.74, 6) is 0.484. The Balaban J connectivity index is 1.86. The minimum atomic E-state index is -0.181. The first-order valence-corrected chi connectivity index (χ1v) is 8.75. The highest BCUT2D eigenvalue weighted by molar-refractivity contribution is 5.85. The van der Waals surface area contributed by atoms with E-state index in [4.69, 9.17) is 4.74 Å². The molecule has 5 heteroatoms. The number of ether oxygens (including phenoxy) is 1. The van der Waals surface area contributed by atoms with Gasteiger partial charge in [0, 0.05) is 13.1 Å². The van der Waals surface area contributed by atoms with Crippen LogP contribution in [-0.2, 0) is 22.6 Å². The average Bonchev–Trinajstić information content (AvgIpc) is 2.66. The summed E-state index contributed by atoms with van der Waals surface area (Å²) in [6.07, 6.45) is 0.217. The molecule has 0 radical (unpaired) electrons. The molecule has 0 aliphatic carbocycles. The lowest BCUT2D eigenvalue weighted by atomic mass is 10.1. The Bertz CT molecular complexity index is 744. The van der Waals surface area contributed by atoms with E-state index in [1.54, 1.807) is 12.0 Å². The first kappa shape index (κ1) is 19.5. The van der Waals surface area contributed by atoms with Gasteiger partial charge in [-0.2, -0.15) is 0 Å². The van der Waals surface area contributed by atoms with Crippen molar-refractivity contribution < 1.29 is 14.3 Å². The van der Waals surface area contributed by atoms with E-state index in [2.05, 4.69) is 5.32 Å². The third-order valence-corrected chi connectivity index (χ3v) is 4.22. The third-order valence-electron chi connectivity index (χ3n) is 4.22. The molecule has 0 aliphatic heterocycles. The summed E-state index contributed by atoms with van der Waals surface area (Å²) in [5.41, 5.74) is 2.95. The number of aryl methyl sites for hydroxylation is 1. The van der Waals surface area contributed by atoms with Crippen LogP contribution in [-0.4, -0.2) is 36.9 Å². The SMILES string of the molecule is CCN(Cc1ccccc1)C(=O)CNC(=O)Cc1ccc(C)c(OC)c1. The molecule has 2 aromatic carbocycles. The Morgan fingerprint density at radius 3 is 2.46 bits per heavy atom. The fourth-order valence-electron chi connectivity index (χ4n) is 2.69. The normalized spacial score (nSPS) is 10.3. The van der Waals surface area contributed by atoms with Gasteiger partial charge in [0.1, 0.15) is 5.75 Å². The minimum absolute atomic E-state index is 0.00248. The lowest BCUT2D eigenvalue weighted by molar-refractivity contribution is -0.133. The maximum absolute atomic E-state index is 12.4. The molecule has 0 unspecified atom stereocenters. The molecule has 0 aliphatic rings. The largest absolute Gasteiger partial charge is 0.496 e. The van der Waals surface area contributed by atoms with E-state index in [9.17, 15) is 9.59 Å². The van der Waals surface area contributed by atoms with Crippen LogP contribution in [0.25, 0.3) is 0 Å². The van der Waals surface area contributed by atoms with Gasteiger partial charge in [0.05, 0.1) is 20.1 Å². The average molecular weight is 354 g/mol. The number of nitrogens with zero attached hydrogens (tertiary/aromatic N) is 1. The summed E-state index contributed by atoms with van der Waals surface area (Å²) in [6, 6.07) is 15.5. The summed E-state index contributed by atoms with van der Waals surface area (Å²) in [5, 5.41) is 2.71. The van der Waals surface area contributed by atoms with Crippen LogP contribution in [0.5, 0.6) is 5.75 Å². The van der Waals surface area contributed by atoms with Crippen molar-refractivity contribution in [2.24, 2.45) is 0 Å². The monoisotopic (exact) mass is 354 g/mol. The highest BCUT2D eigenvalue weighted by Gasteiger charge is 2.14. The molecular weight excluding hydrogens is 328 g/mol. The fraction of sp³-hybridized carbons (Fsp3) is 0.333. The summed E-state index contributed by atoms with van der Waals surface area (Å²) >= 11 is 0. The number of likely N-dealkylation sites (N-methyl/N-ethyl adjacent to an activating group) is 1. The Labute approximate surface area is 155 Å². The molecule has 0 atom stereocenters. The van der Waals surface area contributed by atoms with Crippen molar-refractivity contribution in [1.29, 1.82) is 0 Å². The van der Waals surface area contributed by atoms with E-state index >= 15 is 0 Å². The fourth-order valence-corrected chi connectivity index (χ4v) is 2.69. The van der Waals surface area contributed by atoms with Gasteiger partial charge in [0.15, 0.2) is 0 Å². The number of carbonyl (C=O) groups is 2. The first-order chi connectivity index (χ1) is 12.5. The second kappa shape index (κ2) is 9.61. The summed E-state index contributed by atoms with van der Waals surface area (Å²) in [6.45, 7) is 5.02. The van der Waals surface area contributed by atoms with E-state index in [-0.39, 0.29) is 24.8 Å². The van der Waals surface area contributed by atoms with Crippen LogP contribution >= 0.6 is 0 Å². The Morgan fingerprint density at radius 1 is 1.08 bits per heavy atom. The molecule has 2 aromatic rings. The Kier molecular flexibility index (Phi) is 7.21. The van der Waals surface area contributed by atoms with Crippen LogP contribution in [0, 0.1) is 6.92 Å². The van der Waals surface area contributed by atoms with Crippen molar-refractivity contribution in [3.63, 3.8) is 0 Å². The standard InChI is InChI=1S/C21H26N2O3/c1-4-23(15-17-8-6-5-7-9-17)21(25)14-22-20(24)13-18-11-10-16(2)19(12-18)26-3/h5-12H,4,13-15H2,1-3H3,(H,22,24). The zero-order chi connectivity index (χ0) is 18.9. The topological polar surface area (TPSA) is 58.6 Å². The van der Waals surface area contributed by atoms with Gasteiger partial charge >= 0.3 is 0 Å². The van der Waals surface area contributed by atoms with E-state index in [0.29, 0.717) is 13.1 Å². The van der Waals surface area contributed by atoms with Gasteiger partial charge in [0.25, 0.3) is 0 Å². The van der Waals surface area contributed by atoms with E-state index in [1.165, 1.54) is 0 Å². The molecule has 0 bridgehead atoms. The number of hydrogen-bond acceptors (Lipinski definition) is 3. The lowest BCUT2D eigenvalue weighted by Crippen LogP contribution is -2.40. The van der Waals surface area contributed by atoms with Gasteiger partial charge in [0.2, 0.25) is 11.8 Å². The number of benzene rings is 2. The number of carbonyl (C=O) groups excluding carboxylic acids is 2. The molecule has 1 N–H and O–H groups in total. The van der Waals surface area contributed by atoms with Crippen LogP contribution in [0.1, 0.15) is 23.6 Å². The number of methoxy groups -OCH3 is 1. The number of amides is 2. The second-order valence-electron chi connectivity index (χ2n) is 6.15. The molecule has 2 amide bonds. The molecule has 0 fully saturated rings. The summed E-state index contributed by atoms with van der Waals surface area (Å²) in [7, 11) is 1.61. The Morgan fingerprint density at radius 2 is 1.81 bits per heavy atom. The quantitative estimate of drug-likeness (QED) is 0.793. The van der Waals surface area contributed by atoms with Gasteiger partial charge in [-0.25, -0.2) is 0 Å². The zero-order valence-corrected chi connectivity index (χ0v) is 15.6. The third kappa shape index (κ3) is 5.62. The van der Waals surface area contributed by atoms with Gasteiger partial charge in [-0.15, -0.1) is 0 Å². The predicted molar refractivity (Wildman–Crippen MR) is 102 cm³/mol. The van der Waals surface area contributed by atoms with Crippen LogP contribution in [0.15, 0.2) is 48.5 Å². The molecule has 2 rings (SSSR count). The van der Waals surface area contributed by atoms with Gasteiger partial charge in [-0.3, -0.25) is 9.59 Å². The van der Waals surface area contributed by atoms with Crippen LogP contribution in [0.2, 0.25) is 0 Å². The van der Waals surface area contributed by atoms with Gasteiger partial charge in [-0.05, 0) is 36.6 Å². The first-order valence-electron chi connectivity index (χ1n) is 8.75. The Hall–Kier alpha value is -2.82. The molecule has 0 heterocycles. The van der Waals surface area contributed by atoms with Crippen molar-refractivity contribution in [3.05, 3.63) is 65.2 Å². The zero-order valence-electron chi connectivity index (χ0n) is 15.6. The molecule has 5 nitrogen and oxygen atoms in total. The highest BCUT2D eigenvalue weighted by Crippen LogP contribution is 2.19. The van der Waals surface area contributed by atoms with E-state index < -0.39 is 0 Å². The van der Waals surface area contributed by atoms with Gasteiger partial charge < -0.3 is 15.0 Å². The maximum Gasteiger partial charge on any atom is 0.242 e. The van der Waals surface area contributed by atoms with Crippen LogP contribution in [0.3, 0.4) is 0 Å². The second-order valence-corrected chi connectivity index (χ2v) is 6.15. The predicted octanol–water partition coefficient (Wildman–Crippen LogP) is 2.71. The van der Waals surface area contributed by atoms with Crippen molar-refractivity contribution in [3.8, 4) is 5.75 Å².